The van der Waals surface area contributed by atoms with Gasteiger partial charge in [0.1, 0.15) is 17.3 Å². The number of hydrazone groups is 1. The van der Waals surface area contributed by atoms with Crippen molar-refractivity contribution in [1.82, 2.24) is 10.4 Å². The van der Waals surface area contributed by atoms with Crippen LogP contribution in [0.2, 0.25) is 0 Å². The van der Waals surface area contributed by atoms with Gasteiger partial charge in [0.15, 0.2) is 4.34 Å². The summed E-state index contributed by atoms with van der Waals surface area (Å²) >= 11 is 2.95. The minimum atomic E-state index is -0.311. The molecule has 1 amide bonds. The molecule has 0 aliphatic carbocycles. The summed E-state index contributed by atoms with van der Waals surface area (Å²) < 4.78 is 20.5. The maximum absolute atomic E-state index is 12.9. The fourth-order valence-corrected chi connectivity index (χ4v) is 4.37. The van der Waals surface area contributed by atoms with Gasteiger partial charge in [-0.25, -0.2) is 14.8 Å². The molecule has 1 N–H and O–H groups in total. The third-order valence-corrected chi connectivity index (χ3v) is 6.11. The second-order valence-corrected chi connectivity index (χ2v) is 8.41. The average Bonchev–Trinajstić information content (AvgIpc) is 3.18. The summed E-state index contributed by atoms with van der Waals surface area (Å²) in [5, 5.41) is 3.98. The van der Waals surface area contributed by atoms with Crippen LogP contribution in [0.4, 0.5) is 4.39 Å². The zero-order valence-electron chi connectivity index (χ0n) is 15.6. The van der Waals surface area contributed by atoms with Crippen molar-refractivity contribution in [1.29, 1.82) is 0 Å². The van der Waals surface area contributed by atoms with E-state index in [1.54, 1.807) is 41.8 Å². The van der Waals surface area contributed by atoms with E-state index in [0.29, 0.717) is 11.5 Å². The first kappa shape index (κ1) is 20.1. The molecule has 0 atom stereocenters. The first-order valence-electron chi connectivity index (χ1n) is 8.99. The van der Waals surface area contributed by atoms with Gasteiger partial charge in [0.05, 0.1) is 22.2 Å². The maximum atomic E-state index is 12.9. The number of fused-ring (bicyclic) bond motifs is 1. The van der Waals surface area contributed by atoms with Crippen LogP contribution in [-0.4, -0.2) is 22.9 Å². The van der Waals surface area contributed by atoms with Crippen LogP contribution in [0.3, 0.4) is 0 Å². The predicted molar refractivity (Wildman–Crippen MR) is 119 cm³/mol. The highest BCUT2D eigenvalue weighted by Crippen LogP contribution is 2.29. The zero-order valence-corrected chi connectivity index (χ0v) is 17.3. The lowest BCUT2D eigenvalue weighted by Gasteiger charge is -2.05. The highest BCUT2D eigenvalue weighted by molar-refractivity contribution is 8.01. The molecule has 1 aromatic heterocycles. The molecule has 4 rings (SSSR count). The van der Waals surface area contributed by atoms with E-state index < -0.39 is 0 Å². The van der Waals surface area contributed by atoms with E-state index in [9.17, 15) is 9.18 Å². The molecule has 0 unspecified atom stereocenters. The molecule has 3 aromatic carbocycles. The number of amides is 1. The number of carbonyl (C=O) groups is 1. The molecule has 0 fully saturated rings. The minimum Gasteiger partial charge on any atom is -0.457 e. The van der Waals surface area contributed by atoms with E-state index in [2.05, 4.69) is 15.5 Å². The van der Waals surface area contributed by atoms with Gasteiger partial charge in [-0.2, -0.15) is 5.10 Å². The van der Waals surface area contributed by atoms with Crippen LogP contribution in [0.15, 0.2) is 82.2 Å². The largest absolute Gasteiger partial charge is 0.457 e. The number of carbonyl (C=O) groups excluding carboxylic acids is 1. The van der Waals surface area contributed by atoms with Crippen molar-refractivity contribution in [2.45, 2.75) is 4.34 Å². The molecule has 0 aliphatic rings. The molecule has 0 saturated carbocycles. The van der Waals surface area contributed by atoms with E-state index in [-0.39, 0.29) is 17.5 Å². The van der Waals surface area contributed by atoms with Crippen molar-refractivity contribution in [2.24, 2.45) is 5.10 Å². The van der Waals surface area contributed by atoms with E-state index in [0.717, 1.165) is 20.1 Å². The van der Waals surface area contributed by atoms with Gasteiger partial charge in [-0.05, 0) is 66.2 Å². The summed E-state index contributed by atoms with van der Waals surface area (Å²) in [6.45, 7) is 0. The highest BCUT2D eigenvalue weighted by Gasteiger charge is 2.07. The summed E-state index contributed by atoms with van der Waals surface area (Å²) in [5.74, 6) is 0.897. The molecular weight excluding hydrogens is 421 g/mol. The lowest BCUT2D eigenvalue weighted by atomic mass is 10.2. The molecule has 150 valence electrons. The number of aromatic nitrogens is 1. The van der Waals surface area contributed by atoms with Crippen LogP contribution < -0.4 is 10.2 Å². The quantitative estimate of drug-likeness (QED) is 0.237. The monoisotopic (exact) mass is 437 g/mol. The van der Waals surface area contributed by atoms with Gasteiger partial charge in [-0.15, -0.1) is 11.3 Å². The van der Waals surface area contributed by atoms with Gasteiger partial charge in [0.25, 0.3) is 5.91 Å². The van der Waals surface area contributed by atoms with Crippen LogP contribution in [0, 0.1) is 5.82 Å². The Bertz CT molecular complexity index is 1140. The number of rotatable bonds is 7. The van der Waals surface area contributed by atoms with Crippen molar-refractivity contribution in [3.8, 4) is 11.5 Å². The third kappa shape index (κ3) is 5.43. The molecule has 0 aliphatic heterocycles. The first-order chi connectivity index (χ1) is 14.7. The van der Waals surface area contributed by atoms with Crippen LogP contribution >= 0.6 is 23.1 Å². The summed E-state index contributed by atoms with van der Waals surface area (Å²) in [5.41, 5.74) is 4.26. The SMILES string of the molecule is O=C(CSc1nc2ccccc2s1)N/N=C/c1ccc(Oc2ccc(F)cc2)cc1. The third-order valence-electron chi connectivity index (χ3n) is 3.93. The summed E-state index contributed by atoms with van der Waals surface area (Å²) in [4.78, 5) is 16.5. The Labute approximate surface area is 180 Å². The summed E-state index contributed by atoms with van der Waals surface area (Å²) in [6, 6.07) is 20.9. The number of para-hydroxylation sites is 1. The number of nitrogens with zero attached hydrogens (tertiary/aromatic N) is 2. The van der Waals surface area contributed by atoms with E-state index >= 15 is 0 Å². The Morgan fingerprint density at radius 3 is 2.50 bits per heavy atom. The lowest BCUT2D eigenvalue weighted by molar-refractivity contribution is -0.118. The van der Waals surface area contributed by atoms with Crippen LogP contribution in [0.1, 0.15) is 5.56 Å². The van der Waals surface area contributed by atoms with E-state index in [1.165, 1.54) is 23.9 Å². The van der Waals surface area contributed by atoms with Crippen LogP contribution in [0.25, 0.3) is 10.2 Å². The number of ether oxygens (including phenoxy) is 1. The fraction of sp³-hybridized carbons (Fsp3) is 0.0455. The Kier molecular flexibility index (Phi) is 6.36. The molecule has 8 heteroatoms. The number of nitrogens with one attached hydrogen (secondary N) is 1. The van der Waals surface area contributed by atoms with E-state index in [4.69, 9.17) is 4.74 Å². The van der Waals surface area contributed by atoms with Gasteiger partial charge in [0.2, 0.25) is 0 Å². The molecule has 5 nitrogen and oxygen atoms in total. The summed E-state index contributed by atoms with van der Waals surface area (Å²) in [6.07, 6.45) is 1.56. The van der Waals surface area contributed by atoms with Crippen molar-refractivity contribution in [2.75, 3.05) is 5.75 Å². The molecule has 0 saturated heterocycles. The number of thiazole rings is 1. The van der Waals surface area contributed by atoms with Gasteiger partial charge in [-0.1, -0.05) is 23.9 Å². The maximum Gasteiger partial charge on any atom is 0.250 e. The smallest absolute Gasteiger partial charge is 0.250 e. The predicted octanol–water partition coefficient (Wildman–Crippen LogP) is 5.47. The van der Waals surface area contributed by atoms with Gasteiger partial charge in [0, 0.05) is 0 Å². The van der Waals surface area contributed by atoms with Crippen molar-refractivity contribution in [3.05, 3.63) is 84.2 Å². The molecular formula is C22H16FN3O2S2. The molecule has 0 bridgehead atoms. The zero-order chi connectivity index (χ0) is 20.8. The number of hydrogen-bond acceptors (Lipinski definition) is 6. The first-order valence-corrected chi connectivity index (χ1v) is 10.8. The average molecular weight is 438 g/mol. The Hall–Kier alpha value is -3.23. The van der Waals surface area contributed by atoms with Gasteiger partial charge in [-0.3, -0.25) is 4.79 Å². The molecule has 1 heterocycles. The Morgan fingerprint density at radius 1 is 1.07 bits per heavy atom. The number of halogens is 1. The van der Waals surface area contributed by atoms with Gasteiger partial charge < -0.3 is 4.74 Å². The van der Waals surface area contributed by atoms with E-state index in [1.807, 2.05) is 36.4 Å². The standard InChI is InChI=1S/C22H16FN3O2S2/c23-16-7-11-18(12-8-16)28-17-9-5-15(6-10-17)13-24-26-21(27)14-29-22-25-19-3-1-2-4-20(19)30-22/h1-13H,14H2,(H,26,27)/b24-13+. The highest BCUT2D eigenvalue weighted by atomic mass is 32.2. The van der Waals surface area contributed by atoms with Crippen molar-refractivity contribution < 1.29 is 13.9 Å². The fourth-order valence-electron chi connectivity index (χ4n) is 2.51. The second kappa shape index (κ2) is 9.51. The van der Waals surface area contributed by atoms with Crippen LogP contribution in [0.5, 0.6) is 11.5 Å². The molecule has 0 radical (unpaired) electrons. The Morgan fingerprint density at radius 2 is 1.77 bits per heavy atom. The van der Waals surface area contributed by atoms with Crippen LogP contribution in [-0.2, 0) is 4.79 Å². The molecule has 4 aromatic rings. The normalized spacial score (nSPS) is 11.1. The number of benzene rings is 3. The number of hydrogen-bond donors (Lipinski definition) is 1. The van der Waals surface area contributed by atoms with Crippen molar-refractivity contribution >= 4 is 45.4 Å². The lowest BCUT2D eigenvalue weighted by Crippen LogP contribution is -2.19. The topological polar surface area (TPSA) is 63.6 Å². The summed E-state index contributed by atoms with van der Waals surface area (Å²) in [7, 11) is 0. The van der Waals surface area contributed by atoms with Gasteiger partial charge >= 0.3 is 0 Å². The Balaban J connectivity index is 1.25. The number of thioether (sulfide) groups is 1. The minimum absolute atomic E-state index is 0.202. The second-order valence-electron chi connectivity index (χ2n) is 6.15. The molecule has 0 spiro atoms. The van der Waals surface area contributed by atoms with Crippen molar-refractivity contribution in [3.63, 3.8) is 0 Å². The molecule has 30 heavy (non-hydrogen) atoms.